The highest BCUT2D eigenvalue weighted by Gasteiger charge is 2.20. The van der Waals surface area contributed by atoms with Gasteiger partial charge in [0.2, 0.25) is 5.91 Å². The summed E-state index contributed by atoms with van der Waals surface area (Å²) in [5.41, 5.74) is 2.64. The van der Waals surface area contributed by atoms with Crippen molar-refractivity contribution in [1.82, 2.24) is 15.1 Å². The van der Waals surface area contributed by atoms with Gasteiger partial charge in [-0.25, -0.2) is 0 Å². The van der Waals surface area contributed by atoms with E-state index in [9.17, 15) is 4.79 Å². The number of carbonyl (C=O) groups excluding carboxylic acids is 1. The Morgan fingerprint density at radius 2 is 1.76 bits per heavy atom. The summed E-state index contributed by atoms with van der Waals surface area (Å²) in [6, 6.07) is 8.52. The van der Waals surface area contributed by atoms with E-state index in [1.165, 1.54) is 11.3 Å². The van der Waals surface area contributed by atoms with Crippen LogP contribution in [-0.2, 0) is 4.79 Å². The van der Waals surface area contributed by atoms with Gasteiger partial charge in [-0.15, -0.1) is 0 Å². The van der Waals surface area contributed by atoms with Crippen LogP contribution >= 0.6 is 0 Å². The third kappa shape index (κ3) is 5.42. The molecular weight excluding hydrogens is 316 g/mol. The number of nitrogens with one attached hydrogen (secondary N) is 1. The van der Waals surface area contributed by atoms with Gasteiger partial charge >= 0.3 is 0 Å². The number of carbonyl (C=O) groups is 1. The molecule has 2 saturated heterocycles. The van der Waals surface area contributed by atoms with Crippen LogP contribution in [0.2, 0.25) is 0 Å². The van der Waals surface area contributed by atoms with Gasteiger partial charge in [-0.2, -0.15) is 0 Å². The third-order valence-corrected chi connectivity index (χ3v) is 5.09. The first-order valence-electron chi connectivity index (χ1n) is 9.37. The fourth-order valence-electron chi connectivity index (χ4n) is 3.55. The second-order valence-corrected chi connectivity index (χ2v) is 6.91. The minimum absolute atomic E-state index is 0.144. The summed E-state index contributed by atoms with van der Waals surface area (Å²) in [6.07, 6.45) is 0. The van der Waals surface area contributed by atoms with Crippen LogP contribution in [0.25, 0.3) is 0 Å². The van der Waals surface area contributed by atoms with Crippen LogP contribution in [-0.4, -0.2) is 92.6 Å². The van der Waals surface area contributed by atoms with Gasteiger partial charge in [0.1, 0.15) is 0 Å². The normalized spacial score (nSPS) is 19.8. The molecule has 0 saturated carbocycles. The highest BCUT2D eigenvalue weighted by molar-refractivity contribution is 5.78. The van der Waals surface area contributed by atoms with E-state index in [2.05, 4.69) is 55.9 Å². The molecule has 0 aromatic heterocycles. The van der Waals surface area contributed by atoms with E-state index >= 15 is 0 Å². The number of benzene rings is 1. The zero-order valence-corrected chi connectivity index (χ0v) is 15.3. The van der Waals surface area contributed by atoms with E-state index in [0.717, 1.165) is 65.6 Å². The zero-order valence-electron chi connectivity index (χ0n) is 15.3. The van der Waals surface area contributed by atoms with Crippen LogP contribution in [0.3, 0.4) is 0 Å². The van der Waals surface area contributed by atoms with E-state index in [4.69, 9.17) is 0 Å². The van der Waals surface area contributed by atoms with Crippen molar-refractivity contribution in [3.8, 4) is 0 Å². The van der Waals surface area contributed by atoms with Crippen molar-refractivity contribution in [2.24, 2.45) is 0 Å². The molecular formula is C19H31N4O2+. The molecule has 1 aromatic rings. The standard InChI is InChI=1S/C19H30N4O2/c1-17-4-2-3-5-18(17)23-10-8-22(9-11-23)16-19(24)20-6-7-21-12-14-25-15-13-21/h2-5H,6-16H2,1H3,(H,20,24)/p+1. The molecule has 0 unspecified atom stereocenters. The van der Waals surface area contributed by atoms with Crippen LogP contribution in [0.15, 0.2) is 24.3 Å². The molecule has 2 N–H and O–H groups in total. The van der Waals surface area contributed by atoms with Crippen molar-refractivity contribution in [3.05, 3.63) is 29.8 Å². The highest BCUT2D eigenvalue weighted by atomic mass is 16.5. The Morgan fingerprint density at radius 3 is 2.48 bits per heavy atom. The van der Waals surface area contributed by atoms with Crippen molar-refractivity contribution in [2.45, 2.75) is 6.92 Å². The number of ether oxygens (including phenoxy) is 1. The average molecular weight is 347 g/mol. The number of anilines is 1. The second kappa shape index (κ2) is 9.17. The molecule has 0 radical (unpaired) electrons. The van der Waals surface area contributed by atoms with Gasteiger partial charge < -0.3 is 15.0 Å². The van der Waals surface area contributed by atoms with E-state index in [1.54, 1.807) is 0 Å². The summed E-state index contributed by atoms with van der Waals surface area (Å²) in [4.78, 5) is 19.2. The summed E-state index contributed by atoms with van der Waals surface area (Å²) in [5.74, 6) is 0.144. The predicted molar refractivity (Wildman–Crippen MR) is 101 cm³/mol. The van der Waals surface area contributed by atoms with Crippen molar-refractivity contribution in [1.29, 1.82) is 0 Å². The van der Waals surface area contributed by atoms with Crippen LogP contribution in [0.5, 0.6) is 0 Å². The Hall–Kier alpha value is -1.63. The molecule has 0 spiro atoms. The number of nitrogens with zero attached hydrogens (tertiary/aromatic N) is 3. The van der Waals surface area contributed by atoms with E-state index in [0.29, 0.717) is 6.54 Å². The van der Waals surface area contributed by atoms with Gasteiger partial charge in [0.15, 0.2) is 13.2 Å². The third-order valence-electron chi connectivity index (χ3n) is 5.09. The molecule has 25 heavy (non-hydrogen) atoms. The molecule has 3 rings (SSSR count). The number of aryl methyl sites for hydroxylation is 1. The summed E-state index contributed by atoms with van der Waals surface area (Å²) in [7, 11) is 0. The second-order valence-electron chi connectivity index (χ2n) is 6.91. The molecule has 0 bridgehead atoms. The lowest BCUT2D eigenvalue weighted by molar-refractivity contribution is -0.122. The summed E-state index contributed by atoms with van der Waals surface area (Å²) < 4.78 is 4.34. The Balaban J connectivity index is 1.34. The number of amides is 1. The van der Waals surface area contributed by atoms with Gasteiger partial charge in [-0.1, -0.05) is 18.2 Å². The molecule has 1 aromatic carbocycles. The number of hydrogen-bond acceptors (Lipinski definition) is 4. The molecule has 6 heteroatoms. The Morgan fingerprint density at radius 1 is 1.04 bits per heavy atom. The Kier molecular flexibility index (Phi) is 6.67. The van der Waals surface area contributed by atoms with Gasteiger partial charge in [-0.05, 0) is 18.6 Å². The summed E-state index contributed by atoms with van der Waals surface area (Å²) in [6.45, 7) is 12.1. The molecule has 6 nitrogen and oxygen atoms in total. The van der Waals surface area contributed by atoms with Crippen molar-refractivity contribution < 1.29 is 9.53 Å². The van der Waals surface area contributed by atoms with Gasteiger partial charge in [0, 0.05) is 45.0 Å². The van der Waals surface area contributed by atoms with Crippen molar-refractivity contribution in [2.75, 3.05) is 77.0 Å². The maximum atomic E-state index is 12.2. The number of rotatable bonds is 6. The summed E-state index contributed by atoms with van der Waals surface area (Å²) in [5, 5.41) is 3.06. The Labute approximate surface area is 150 Å². The molecule has 0 aliphatic carbocycles. The van der Waals surface area contributed by atoms with Gasteiger partial charge in [0.25, 0.3) is 0 Å². The molecule has 0 atom stereocenters. The smallest absolute Gasteiger partial charge is 0.234 e. The molecule has 2 aliphatic rings. The highest BCUT2D eigenvalue weighted by Crippen LogP contribution is 2.20. The van der Waals surface area contributed by atoms with Crippen molar-refractivity contribution >= 4 is 11.6 Å². The first-order valence-corrected chi connectivity index (χ1v) is 9.37. The predicted octanol–water partition coefficient (Wildman–Crippen LogP) is 0.0768. The number of aliphatic hydroxyl groups is 2. The van der Waals surface area contributed by atoms with E-state index in [-0.39, 0.29) is 5.91 Å². The van der Waals surface area contributed by atoms with Crippen molar-refractivity contribution in [3.63, 3.8) is 0 Å². The average Bonchev–Trinajstić information content (AvgIpc) is 2.64. The molecule has 138 valence electrons. The fraction of sp³-hybridized carbons (Fsp3) is 0.632. The monoisotopic (exact) mass is 347 g/mol. The minimum Gasteiger partial charge on any atom is -0.432 e. The maximum Gasteiger partial charge on any atom is 0.234 e. The minimum atomic E-state index is 0.144. The first-order chi connectivity index (χ1) is 12.2. The number of piperazine rings is 1. The summed E-state index contributed by atoms with van der Waals surface area (Å²) >= 11 is 0. The molecule has 1 amide bonds. The zero-order chi connectivity index (χ0) is 17.5. The quantitative estimate of drug-likeness (QED) is 0.741. The largest absolute Gasteiger partial charge is 0.432 e. The van der Waals surface area contributed by atoms with Crippen LogP contribution in [0, 0.1) is 6.92 Å². The lowest BCUT2D eigenvalue weighted by Gasteiger charge is -2.36. The number of para-hydroxylation sites is 1. The van der Waals surface area contributed by atoms with Crippen LogP contribution in [0.4, 0.5) is 5.69 Å². The SMILES string of the molecule is Cc1ccccc1N1CCN(CC(=O)NCCN2CC[OH+]CC2)CC1. The Bertz CT molecular complexity index is 552. The van der Waals surface area contributed by atoms with Gasteiger partial charge in [0.05, 0.1) is 19.6 Å². The lowest BCUT2D eigenvalue weighted by atomic mass is 10.1. The first kappa shape index (κ1) is 18.2. The van der Waals surface area contributed by atoms with Gasteiger partial charge in [-0.3, -0.25) is 14.6 Å². The number of hydrogen-bond donors (Lipinski definition) is 1. The lowest BCUT2D eigenvalue weighted by Crippen LogP contribution is -2.50. The molecule has 2 aliphatic heterocycles. The van der Waals surface area contributed by atoms with Crippen LogP contribution in [0.1, 0.15) is 5.56 Å². The number of morpholine rings is 1. The fourth-order valence-corrected chi connectivity index (χ4v) is 3.55. The van der Waals surface area contributed by atoms with Crippen LogP contribution < -0.4 is 10.2 Å². The topological polar surface area (TPSA) is 51.6 Å². The maximum absolute atomic E-state index is 12.2. The van der Waals surface area contributed by atoms with E-state index < -0.39 is 0 Å². The molecule has 2 fully saturated rings. The van der Waals surface area contributed by atoms with E-state index in [1.807, 2.05) is 0 Å². The molecule has 2 heterocycles.